The van der Waals surface area contributed by atoms with Crippen LogP contribution in [0, 0.1) is 0 Å². The van der Waals surface area contributed by atoms with Crippen LogP contribution in [0.15, 0.2) is 35.2 Å². The van der Waals surface area contributed by atoms with Crippen molar-refractivity contribution in [2.24, 2.45) is 5.73 Å². The summed E-state index contributed by atoms with van der Waals surface area (Å²) in [6.45, 7) is 4.67. The standard InChI is InChI=1S/C22H23BrN6O3S/c1-2-31-18-8-25-7-17(27-18)20-19(28-22(33-20)21(24)30)15(16-5-12(23)3-4-26-16)10-29-9-14-6-13(29)11-32-14/h3-5,7-8,13-15H,2,6,9-11H2,1H3,(H2,24,30)/t13-,14-,15?/m0/s1. The number of amides is 1. The molecule has 33 heavy (non-hydrogen) atoms. The van der Waals surface area contributed by atoms with Gasteiger partial charge in [0, 0.05) is 29.8 Å². The van der Waals surface area contributed by atoms with Crippen molar-refractivity contribution in [1.29, 1.82) is 0 Å². The number of primary amides is 1. The van der Waals surface area contributed by atoms with E-state index in [1.165, 1.54) is 11.3 Å². The van der Waals surface area contributed by atoms with E-state index in [9.17, 15) is 4.79 Å². The highest BCUT2D eigenvalue weighted by Crippen LogP contribution is 2.39. The van der Waals surface area contributed by atoms with E-state index in [2.05, 4.69) is 35.8 Å². The molecule has 3 aromatic heterocycles. The number of pyridine rings is 1. The Balaban J connectivity index is 1.60. The van der Waals surface area contributed by atoms with Crippen LogP contribution >= 0.6 is 27.3 Å². The Morgan fingerprint density at radius 2 is 2.30 bits per heavy atom. The van der Waals surface area contributed by atoms with E-state index in [1.807, 2.05) is 19.1 Å². The highest BCUT2D eigenvalue weighted by atomic mass is 79.9. The Labute approximate surface area is 203 Å². The first-order valence-corrected chi connectivity index (χ1v) is 12.4. The Kier molecular flexibility index (Phi) is 6.37. The number of nitrogens with zero attached hydrogens (tertiary/aromatic N) is 5. The minimum absolute atomic E-state index is 0.196. The Morgan fingerprint density at radius 3 is 3.00 bits per heavy atom. The van der Waals surface area contributed by atoms with Gasteiger partial charge in [-0.3, -0.25) is 19.7 Å². The van der Waals surface area contributed by atoms with Crippen LogP contribution < -0.4 is 10.5 Å². The van der Waals surface area contributed by atoms with E-state index in [0.29, 0.717) is 36.5 Å². The fourth-order valence-corrected chi connectivity index (χ4v) is 5.69. The summed E-state index contributed by atoms with van der Waals surface area (Å²) in [5.74, 6) is -0.351. The van der Waals surface area contributed by atoms with Gasteiger partial charge in [-0.15, -0.1) is 11.3 Å². The summed E-state index contributed by atoms with van der Waals surface area (Å²) in [6, 6.07) is 4.26. The van der Waals surface area contributed by atoms with Crippen LogP contribution in [0.3, 0.4) is 0 Å². The third-order valence-electron chi connectivity index (χ3n) is 5.86. The number of rotatable bonds is 8. The molecule has 3 aromatic rings. The van der Waals surface area contributed by atoms with Crippen molar-refractivity contribution in [3.05, 3.63) is 51.6 Å². The summed E-state index contributed by atoms with van der Waals surface area (Å²) >= 11 is 4.78. The molecule has 2 aliphatic rings. The highest BCUT2D eigenvalue weighted by molar-refractivity contribution is 9.10. The van der Waals surface area contributed by atoms with Crippen LogP contribution in [-0.2, 0) is 4.74 Å². The van der Waals surface area contributed by atoms with Crippen molar-refractivity contribution in [1.82, 2.24) is 24.8 Å². The molecule has 0 radical (unpaired) electrons. The number of morpholine rings is 1. The molecule has 5 heterocycles. The van der Waals surface area contributed by atoms with Crippen molar-refractivity contribution < 1.29 is 14.3 Å². The van der Waals surface area contributed by atoms with Gasteiger partial charge in [-0.25, -0.2) is 9.97 Å². The smallest absolute Gasteiger partial charge is 0.277 e. The lowest BCUT2D eigenvalue weighted by atomic mass is 9.97. The zero-order chi connectivity index (χ0) is 22.9. The Morgan fingerprint density at radius 1 is 1.42 bits per heavy atom. The summed E-state index contributed by atoms with van der Waals surface area (Å²) in [5.41, 5.74) is 7.78. The molecular weight excluding hydrogens is 508 g/mol. The maximum atomic E-state index is 12.1. The molecule has 2 saturated heterocycles. The SMILES string of the molecule is CCOc1cncc(-c2sc(C(N)=O)nc2C(CN2C[C@@H]3C[C@H]2CO3)c2cc(Br)ccn2)n1. The van der Waals surface area contributed by atoms with Gasteiger partial charge in [0.1, 0.15) is 5.69 Å². The van der Waals surface area contributed by atoms with E-state index in [0.717, 1.165) is 34.6 Å². The number of carbonyl (C=O) groups is 1. The molecule has 2 N–H and O–H groups in total. The van der Waals surface area contributed by atoms with Crippen molar-refractivity contribution in [3.63, 3.8) is 0 Å². The van der Waals surface area contributed by atoms with Crippen LogP contribution in [0.2, 0.25) is 0 Å². The average Bonchev–Trinajstić information content (AvgIpc) is 3.54. The van der Waals surface area contributed by atoms with Gasteiger partial charge < -0.3 is 15.2 Å². The number of aromatic nitrogens is 4. The largest absolute Gasteiger partial charge is 0.477 e. The first-order valence-electron chi connectivity index (χ1n) is 10.7. The van der Waals surface area contributed by atoms with Crippen molar-refractivity contribution in [2.45, 2.75) is 31.4 Å². The third kappa shape index (κ3) is 4.63. The second-order valence-electron chi connectivity index (χ2n) is 8.02. The van der Waals surface area contributed by atoms with Crippen LogP contribution in [0.5, 0.6) is 5.88 Å². The van der Waals surface area contributed by atoms with Gasteiger partial charge in [-0.2, -0.15) is 0 Å². The van der Waals surface area contributed by atoms with Crippen LogP contribution in [0.4, 0.5) is 0 Å². The van der Waals surface area contributed by atoms with Gasteiger partial charge >= 0.3 is 0 Å². The number of hydrogen-bond donors (Lipinski definition) is 1. The number of fused-ring (bicyclic) bond motifs is 2. The Hall–Kier alpha value is -2.47. The normalized spacial score (nSPS) is 20.8. The zero-order valence-corrected chi connectivity index (χ0v) is 20.4. The molecule has 3 atom stereocenters. The first kappa shape index (κ1) is 22.3. The molecule has 2 bridgehead atoms. The summed E-state index contributed by atoms with van der Waals surface area (Å²) in [4.78, 5) is 33.5. The van der Waals surface area contributed by atoms with Crippen LogP contribution in [0.1, 0.15) is 40.5 Å². The molecule has 0 aliphatic carbocycles. The molecule has 1 amide bonds. The van der Waals surface area contributed by atoms with Gasteiger partial charge in [0.2, 0.25) is 5.88 Å². The minimum Gasteiger partial charge on any atom is -0.477 e. The highest BCUT2D eigenvalue weighted by Gasteiger charge is 2.41. The van der Waals surface area contributed by atoms with E-state index < -0.39 is 5.91 Å². The molecule has 9 nitrogen and oxygen atoms in total. The monoisotopic (exact) mass is 530 g/mol. The lowest BCUT2D eigenvalue weighted by Gasteiger charge is -2.30. The molecule has 0 saturated carbocycles. The fourth-order valence-electron chi connectivity index (χ4n) is 4.40. The van der Waals surface area contributed by atoms with E-state index in [-0.39, 0.29) is 17.0 Å². The number of thiazole rings is 1. The van der Waals surface area contributed by atoms with Gasteiger partial charge in [0.05, 0.1) is 53.9 Å². The van der Waals surface area contributed by atoms with Crippen molar-refractivity contribution >= 4 is 33.2 Å². The summed E-state index contributed by atoms with van der Waals surface area (Å²) in [7, 11) is 0. The van der Waals surface area contributed by atoms with Gasteiger partial charge in [-0.05, 0) is 25.5 Å². The molecule has 1 unspecified atom stereocenters. The molecule has 2 fully saturated rings. The quantitative estimate of drug-likeness (QED) is 0.472. The molecule has 172 valence electrons. The van der Waals surface area contributed by atoms with Crippen molar-refractivity contribution in [2.75, 3.05) is 26.3 Å². The van der Waals surface area contributed by atoms with Gasteiger partial charge in [-0.1, -0.05) is 15.9 Å². The number of halogens is 1. The molecule has 0 aromatic carbocycles. The lowest BCUT2D eigenvalue weighted by molar-refractivity contribution is 0.0292. The molecule has 5 rings (SSSR count). The minimum atomic E-state index is -0.573. The molecule has 2 aliphatic heterocycles. The van der Waals surface area contributed by atoms with Gasteiger partial charge in [0.15, 0.2) is 5.01 Å². The summed E-state index contributed by atoms with van der Waals surface area (Å²) in [5, 5.41) is 0.231. The summed E-state index contributed by atoms with van der Waals surface area (Å²) in [6.07, 6.45) is 6.30. The van der Waals surface area contributed by atoms with E-state index >= 15 is 0 Å². The van der Waals surface area contributed by atoms with Crippen LogP contribution in [0.25, 0.3) is 10.6 Å². The third-order valence-corrected chi connectivity index (χ3v) is 7.46. The number of likely N-dealkylation sites (tertiary alicyclic amines) is 1. The topological polar surface area (TPSA) is 116 Å². The predicted molar refractivity (Wildman–Crippen MR) is 126 cm³/mol. The summed E-state index contributed by atoms with van der Waals surface area (Å²) < 4.78 is 12.3. The molecular formula is C22H23BrN6O3S. The number of carbonyl (C=O) groups excluding carboxylic acids is 1. The van der Waals surface area contributed by atoms with Gasteiger partial charge in [0.25, 0.3) is 5.91 Å². The number of nitrogens with two attached hydrogens (primary N) is 1. The maximum Gasteiger partial charge on any atom is 0.277 e. The predicted octanol–water partition coefficient (Wildman–Crippen LogP) is 2.86. The van der Waals surface area contributed by atoms with E-state index in [4.69, 9.17) is 20.2 Å². The first-order chi connectivity index (χ1) is 16.0. The molecule has 11 heteroatoms. The average molecular weight is 531 g/mol. The lowest BCUT2D eigenvalue weighted by Crippen LogP contribution is -2.40. The van der Waals surface area contributed by atoms with E-state index in [1.54, 1.807) is 18.6 Å². The fraction of sp³-hybridized carbons (Fsp3) is 0.409. The van der Waals surface area contributed by atoms with Crippen LogP contribution in [-0.4, -0.2) is 69.2 Å². The second kappa shape index (κ2) is 9.41. The Bertz CT molecular complexity index is 1170. The van der Waals surface area contributed by atoms with Crippen molar-refractivity contribution in [3.8, 4) is 16.5 Å². The number of hydrogen-bond acceptors (Lipinski definition) is 9. The zero-order valence-electron chi connectivity index (χ0n) is 18.0. The maximum absolute atomic E-state index is 12.1. The molecule has 0 spiro atoms. The number of ether oxygens (including phenoxy) is 2. The second-order valence-corrected chi connectivity index (χ2v) is 9.94.